The molecule has 104 valence electrons. The molecule has 0 amide bonds. The van der Waals surface area contributed by atoms with E-state index in [-0.39, 0.29) is 23.0 Å². The summed E-state index contributed by atoms with van der Waals surface area (Å²) in [5, 5.41) is 22.8. The summed E-state index contributed by atoms with van der Waals surface area (Å²) in [6, 6.07) is 5.34. The summed E-state index contributed by atoms with van der Waals surface area (Å²) in [6.45, 7) is 1.71. The van der Waals surface area contributed by atoms with Crippen molar-refractivity contribution in [3.63, 3.8) is 0 Å². The number of carbonyl (C=O) groups is 1. The summed E-state index contributed by atoms with van der Waals surface area (Å²) in [5.74, 6) is -0.865. The SMILES string of the molecule is CCOC(=O)/C(C#N)=N\Nc1ccc([N+](=O)[O-])c(Cl)c1. The van der Waals surface area contributed by atoms with Crippen LogP contribution < -0.4 is 5.43 Å². The second kappa shape index (κ2) is 7.06. The van der Waals surface area contributed by atoms with Crippen molar-refractivity contribution >= 4 is 34.7 Å². The van der Waals surface area contributed by atoms with Gasteiger partial charge in [0.25, 0.3) is 5.69 Å². The lowest BCUT2D eigenvalue weighted by molar-refractivity contribution is -0.384. The van der Waals surface area contributed by atoms with Gasteiger partial charge < -0.3 is 4.74 Å². The number of halogens is 1. The van der Waals surface area contributed by atoms with E-state index in [1.807, 2.05) is 0 Å². The Kier molecular flexibility index (Phi) is 5.43. The van der Waals surface area contributed by atoms with E-state index in [0.717, 1.165) is 0 Å². The van der Waals surface area contributed by atoms with Gasteiger partial charge in [0.2, 0.25) is 5.71 Å². The van der Waals surface area contributed by atoms with Crippen molar-refractivity contribution in [2.75, 3.05) is 12.0 Å². The summed E-state index contributed by atoms with van der Waals surface area (Å²) in [6.07, 6.45) is 0. The van der Waals surface area contributed by atoms with Gasteiger partial charge in [-0.05, 0) is 19.1 Å². The molecule has 0 atom stereocenters. The van der Waals surface area contributed by atoms with Gasteiger partial charge in [-0.25, -0.2) is 4.79 Å². The Labute approximate surface area is 118 Å². The number of hydrazone groups is 1. The van der Waals surface area contributed by atoms with E-state index < -0.39 is 16.6 Å². The van der Waals surface area contributed by atoms with Crippen LogP contribution in [0.15, 0.2) is 23.3 Å². The van der Waals surface area contributed by atoms with Gasteiger partial charge in [0.15, 0.2) is 0 Å². The van der Waals surface area contributed by atoms with Gasteiger partial charge in [-0.15, -0.1) is 0 Å². The second-order valence-electron chi connectivity index (χ2n) is 3.33. The number of hydrogen-bond acceptors (Lipinski definition) is 7. The number of hydrogen-bond donors (Lipinski definition) is 1. The molecule has 8 nitrogen and oxygen atoms in total. The first-order valence-electron chi connectivity index (χ1n) is 5.34. The van der Waals surface area contributed by atoms with Crippen molar-refractivity contribution in [1.29, 1.82) is 5.26 Å². The number of nitro groups is 1. The molecule has 0 bridgehead atoms. The van der Waals surface area contributed by atoms with Gasteiger partial charge in [0, 0.05) is 6.07 Å². The fourth-order valence-electron chi connectivity index (χ4n) is 1.16. The van der Waals surface area contributed by atoms with Crippen LogP contribution in [0.2, 0.25) is 5.02 Å². The lowest BCUT2D eigenvalue weighted by atomic mass is 10.3. The minimum Gasteiger partial charge on any atom is -0.461 e. The van der Waals surface area contributed by atoms with Crippen LogP contribution in [-0.4, -0.2) is 23.2 Å². The number of anilines is 1. The molecule has 0 aliphatic carbocycles. The number of ether oxygens (including phenoxy) is 1. The summed E-state index contributed by atoms with van der Waals surface area (Å²) in [4.78, 5) is 21.2. The minimum atomic E-state index is -0.865. The highest BCUT2D eigenvalue weighted by Gasteiger charge is 2.14. The maximum Gasteiger partial charge on any atom is 0.369 e. The molecule has 0 unspecified atom stereocenters. The summed E-state index contributed by atoms with van der Waals surface area (Å²) >= 11 is 5.70. The fourth-order valence-corrected chi connectivity index (χ4v) is 1.41. The fraction of sp³-hybridized carbons (Fsp3) is 0.182. The number of carbonyl (C=O) groups excluding carboxylic acids is 1. The molecule has 1 aromatic rings. The Bertz CT molecular complexity index is 609. The molecule has 0 heterocycles. The zero-order valence-corrected chi connectivity index (χ0v) is 11.0. The van der Waals surface area contributed by atoms with Crippen LogP contribution in [-0.2, 0) is 9.53 Å². The third kappa shape index (κ3) is 3.93. The number of nitro benzene ring substituents is 1. The largest absolute Gasteiger partial charge is 0.461 e. The highest BCUT2D eigenvalue weighted by molar-refractivity contribution is 6.43. The molecule has 0 saturated carbocycles. The van der Waals surface area contributed by atoms with Crippen molar-refractivity contribution in [1.82, 2.24) is 0 Å². The molecule has 9 heteroatoms. The third-order valence-corrected chi connectivity index (χ3v) is 2.32. The van der Waals surface area contributed by atoms with Gasteiger partial charge in [0.05, 0.1) is 17.2 Å². The van der Waals surface area contributed by atoms with Gasteiger partial charge in [-0.1, -0.05) is 11.6 Å². The average molecular weight is 297 g/mol. The average Bonchev–Trinajstić information content (AvgIpc) is 2.39. The van der Waals surface area contributed by atoms with E-state index in [0.29, 0.717) is 0 Å². The predicted molar refractivity (Wildman–Crippen MR) is 71.4 cm³/mol. The number of nitrogens with one attached hydrogen (secondary N) is 1. The molecule has 1 N–H and O–H groups in total. The Morgan fingerprint density at radius 2 is 2.35 bits per heavy atom. The molecule has 1 rings (SSSR count). The Hall–Kier alpha value is -2.66. The summed E-state index contributed by atoms with van der Waals surface area (Å²) < 4.78 is 4.61. The highest BCUT2D eigenvalue weighted by atomic mass is 35.5. The van der Waals surface area contributed by atoms with Crippen LogP contribution in [0.3, 0.4) is 0 Å². The lowest BCUT2D eigenvalue weighted by Crippen LogP contribution is -2.17. The highest BCUT2D eigenvalue weighted by Crippen LogP contribution is 2.27. The smallest absolute Gasteiger partial charge is 0.369 e. The van der Waals surface area contributed by atoms with Crippen molar-refractivity contribution in [2.24, 2.45) is 5.10 Å². The molecule has 20 heavy (non-hydrogen) atoms. The van der Waals surface area contributed by atoms with E-state index in [4.69, 9.17) is 16.9 Å². The third-order valence-electron chi connectivity index (χ3n) is 2.02. The van der Waals surface area contributed by atoms with Crippen LogP contribution in [0.1, 0.15) is 6.92 Å². The first-order valence-corrected chi connectivity index (χ1v) is 5.72. The number of nitrogens with zero attached hydrogens (tertiary/aromatic N) is 3. The molecular weight excluding hydrogens is 288 g/mol. The van der Waals surface area contributed by atoms with E-state index in [1.54, 1.807) is 13.0 Å². The molecule has 0 fully saturated rings. The molecule has 0 aromatic heterocycles. The number of esters is 1. The van der Waals surface area contributed by atoms with Crippen LogP contribution in [0.4, 0.5) is 11.4 Å². The second-order valence-corrected chi connectivity index (χ2v) is 3.73. The predicted octanol–water partition coefficient (Wildman–Crippen LogP) is 2.10. The van der Waals surface area contributed by atoms with E-state index in [9.17, 15) is 14.9 Å². The van der Waals surface area contributed by atoms with Crippen molar-refractivity contribution in [2.45, 2.75) is 6.92 Å². The zero-order chi connectivity index (χ0) is 15.1. The van der Waals surface area contributed by atoms with Crippen LogP contribution in [0.5, 0.6) is 0 Å². The first kappa shape index (κ1) is 15.4. The molecule has 0 radical (unpaired) electrons. The Balaban J connectivity index is 2.89. The molecule has 0 spiro atoms. The molecule has 1 aromatic carbocycles. The normalized spacial score (nSPS) is 10.6. The van der Waals surface area contributed by atoms with Crippen LogP contribution >= 0.6 is 11.6 Å². The van der Waals surface area contributed by atoms with Gasteiger partial charge >= 0.3 is 5.97 Å². The maximum atomic E-state index is 11.3. The van der Waals surface area contributed by atoms with E-state index in [2.05, 4.69) is 15.3 Å². The molecule has 0 aliphatic heterocycles. The number of nitriles is 1. The quantitative estimate of drug-likeness (QED) is 0.385. The van der Waals surface area contributed by atoms with Crippen molar-refractivity contribution in [3.8, 4) is 6.07 Å². The summed E-state index contributed by atoms with van der Waals surface area (Å²) in [7, 11) is 0. The zero-order valence-electron chi connectivity index (χ0n) is 10.3. The topological polar surface area (TPSA) is 118 Å². The van der Waals surface area contributed by atoms with Gasteiger partial charge in [0.1, 0.15) is 11.1 Å². The summed E-state index contributed by atoms with van der Waals surface area (Å²) in [5.41, 5.74) is 1.96. The van der Waals surface area contributed by atoms with Crippen molar-refractivity contribution in [3.05, 3.63) is 33.3 Å². The van der Waals surface area contributed by atoms with Gasteiger partial charge in [-0.3, -0.25) is 15.5 Å². The standard InChI is InChI=1S/C11H9ClN4O4/c1-2-20-11(17)9(6-13)15-14-7-3-4-10(16(18)19)8(12)5-7/h3-5,14H,2H2,1H3/b15-9-. The monoisotopic (exact) mass is 296 g/mol. The van der Waals surface area contributed by atoms with E-state index in [1.165, 1.54) is 18.2 Å². The van der Waals surface area contributed by atoms with Crippen molar-refractivity contribution < 1.29 is 14.5 Å². The molecule has 0 saturated heterocycles. The number of benzene rings is 1. The number of rotatable bonds is 5. The first-order chi connectivity index (χ1) is 9.49. The minimum absolute atomic E-state index is 0.0927. The Morgan fingerprint density at radius 3 is 2.85 bits per heavy atom. The Morgan fingerprint density at radius 1 is 1.65 bits per heavy atom. The molecule has 0 aliphatic rings. The lowest BCUT2D eigenvalue weighted by Gasteiger charge is -2.02. The van der Waals surface area contributed by atoms with E-state index >= 15 is 0 Å². The molecular formula is C11H9ClN4O4. The van der Waals surface area contributed by atoms with Crippen LogP contribution in [0.25, 0.3) is 0 Å². The van der Waals surface area contributed by atoms with Gasteiger partial charge in [-0.2, -0.15) is 10.4 Å². The van der Waals surface area contributed by atoms with Crippen LogP contribution in [0, 0.1) is 21.4 Å². The maximum absolute atomic E-state index is 11.3.